The first-order chi connectivity index (χ1) is 21.0. The predicted octanol–water partition coefficient (Wildman–Crippen LogP) is 9.25. The molecule has 0 unspecified atom stereocenters. The maximum Gasteiger partial charge on any atom is 0.327 e. The minimum atomic E-state index is -1.92. The van der Waals surface area contributed by atoms with Gasteiger partial charge in [-0.2, -0.15) is 5.26 Å². The molecule has 1 N–H and O–H groups in total. The van der Waals surface area contributed by atoms with Crippen molar-refractivity contribution in [3.05, 3.63) is 138 Å². The molecular weight excluding hydrogens is 729 g/mol. The number of ketones is 1. The van der Waals surface area contributed by atoms with Crippen molar-refractivity contribution in [3.63, 3.8) is 0 Å². The number of nitriles is 1. The molecule has 0 spiro atoms. The molecule has 1 saturated carbocycles. The zero-order chi connectivity index (χ0) is 31.6. The fourth-order valence-corrected chi connectivity index (χ4v) is 7.25. The van der Waals surface area contributed by atoms with E-state index in [-0.39, 0.29) is 13.0 Å². The summed E-state index contributed by atoms with van der Waals surface area (Å²) >= 11 is 19.4. The second kappa shape index (κ2) is 13.2. The highest BCUT2D eigenvalue weighted by molar-refractivity contribution is 9.10. The van der Waals surface area contributed by atoms with Crippen LogP contribution in [-0.4, -0.2) is 23.5 Å². The number of esters is 1. The minimum absolute atomic E-state index is 0.0191. The summed E-state index contributed by atoms with van der Waals surface area (Å²) in [4.78, 5) is 29.1. The van der Waals surface area contributed by atoms with E-state index in [9.17, 15) is 20.0 Å². The van der Waals surface area contributed by atoms with Crippen LogP contribution in [0.1, 0.15) is 52.2 Å². The first-order valence-corrected chi connectivity index (χ1v) is 16.3. The molecule has 4 aromatic rings. The molecule has 0 aromatic heterocycles. The second-order valence-electron chi connectivity index (χ2n) is 10.8. The summed E-state index contributed by atoms with van der Waals surface area (Å²) in [5.74, 6) is -4.51. The fourth-order valence-electron chi connectivity index (χ4n) is 6.47. The van der Waals surface area contributed by atoms with Crippen LogP contribution in [0.15, 0.2) is 106 Å². The van der Waals surface area contributed by atoms with Gasteiger partial charge in [-0.1, -0.05) is 104 Å². The molecule has 1 aliphatic carbocycles. The molecule has 0 amide bonds. The first kappa shape index (κ1) is 32.4. The maximum absolute atomic E-state index is 14.8. The number of carbonyl (C=O) groups is 2. The van der Waals surface area contributed by atoms with Gasteiger partial charge in [0.2, 0.25) is 0 Å². The standard InChI is InChI=1S/C35H27Br2Cl2NO4/c1-2-44-33(42)34(20-40)29(21-5-15-27(38)16-6-21)19-35(43,24-9-13-26(37)14-10-24)31(30(34)22-7-17-28(39)18-8-22)32(41)23-3-11-25(36)12-4-23/h3-18,29-31,43H,2,19H2,1H3/t29-,30+,31+,34+,35-/m0/s1. The molecule has 44 heavy (non-hydrogen) atoms. The topological polar surface area (TPSA) is 87.4 Å². The molecule has 4 aromatic carbocycles. The van der Waals surface area contributed by atoms with Crippen LogP contribution in [0.25, 0.3) is 0 Å². The van der Waals surface area contributed by atoms with Gasteiger partial charge in [-0.3, -0.25) is 9.59 Å². The fraction of sp³-hybridized carbons (Fsp3) is 0.229. The Morgan fingerprint density at radius 3 is 1.86 bits per heavy atom. The van der Waals surface area contributed by atoms with Crippen molar-refractivity contribution >= 4 is 66.8 Å². The first-order valence-electron chi connectivity index (χ1n) is 13.9. The third kappa shape index (κ3) is 5.87. The lowest BCUT2D eigenvalue weighted by molar-refractivity contribution is -0.164. The van der Waals surface area contributed by atoms with E-state index in [1.165, 1.54) is 0 Å². The van der Waals surface area contributed by atoms with Gasteiger partial charge in [-0.05, 0) is 78.6 Å². The van der Waals surface area contributed by atoms with Crippen LogP contribution in [0.2, 0.25) is 10.0 Å². The van der Waals surface area contributed by atoms with Gasteiger partial charge in [0.1, 0.15) is 5.60 Å². The predicted molar refractivity (Wildman–Crippen MR) is 178 cm³/mol. The summed E-state index contributed by atoms with van der Waals surface area (Å²) < 4.78 is 7.21. The van der Waals surface area contributed by atoms with Crippen LogP contribution >= 0.6 is 55.1 Å². The molecule has 0 bridgehead atoms. The number of carbonyl (C=O) groups excluding carboxylic acids is 2. The molecule has 5 atom stereocenters. The normalized spacial score (nSPS) is 24.7. The lowest BCUT2D eigenvalue weighted by Gasteiger charge is -2.54. The molecule has 0 saturated heterocycles. The van der Waals surface area contributed by atoms with E-state index in [0.717, 1.165) is 8.95 Å². The molecule has 9 heteroatoms. The van der Waals surface area contributed by atoms with Crippen LogP contribution in [0.5, 0.6) is 0 Å². The number of nitrogens with zero attached hydrogens (tertiary/aromatic N) is 1. The molecule has 5 nitrogen and oxygen atoms in total. The second-order valence-corrected chi connectivity index (χ2v) is 13.5. The maximum atomic E-state index is 14.8. The largest absolute Gasteiger partial charge is 0.465 e. The third-order valence-corrected chi connectivity index (χ3v) is 10.0. The van der Waals surface area contributed by atoms with Crippen molar-refractivity contribution in [1.29, 1.82) is 5.26 Å². The lowest BCUT2D eigenvalue weighted by atomic mass is 9.47. The van der Waals surface area contributed by atoms with Gasteiger partial charge in [-0.25, -0.2) is 0 Å². The summed E-state index contributed by atoms with van der Waals surface area (Å²) in [5.41, 5.74) is -1.85. The number of Topliss-reactive ketones (excluding diaryl/α,β-unsaturated/α-hetero) is 1. The Morgan fingerprint density at radius 2 is 1.36 bits per heavy atom. The van der Waals surface area contributed by atoms with Gasteiger partial charge in [0.25, 0.3) is 0 Å². The average Bonchev–Trinajstić information content (AvgIpc) is 3.02. The van der Waals surface area contributed by atoms with Crippen molar-refractivity contribution in [1.82, 2.24) is 0 Å². The molecule has 1 aliphatic rings. The SMILES string of the molecule is CCOC(=O)[C@@]1(C#N)[C@H](c2ccc(Cl)cc2)[C@H](C(=O)c2ccc(Br)cc2)[C@@](O)(c2ccc(Br)cc2)C[C@H]1c1ccc(Cl)cc1. The van der Waals surface area contributed by atoms with Crippen molar-refractivity contribution in [2.45, 2.75) is 30.8 Å². The summed E-state index contributed by atoms with van der Waals surface area (Å²) in [6.45, 7) is 1.69. The number of halogens is 4. The number of hydrogen-bond acceptors (Lipinski definition) is 5. The number of ether oxygens (including phenoxy) is 1. The van der Waals surface area contributed by atoms with Crippen molar-refractivity contribution in [2.75, 3.05) is 6.61 Å². The van der Waals surface area contributed by atoms with Gasteiger partial charge < -0.3 is 9.84 Å². The van der Waals surface area contributed by atoms with Crippen LogP contribution in [0.4, 0.5) is 0 Å². The minimum Gasteiger partial charge on any atom is -0.465 e. The third-order valence-electron chi connectivity index (χ3n) is 8.46. The zero-order valence-electron chi connectivity index (χ0n) is 23.5. The Bertz CT molecular complexity index is 1710. The Hall–Kier alpha value is -2.99. The quantitative estimate of drug-likeness (QED) is 0.150. The van der Waals surface area contributed by atoms with Gasteiger partial charge in [0, 0.05) is 36.4 Å². The van der Waals surface area contributed by atoms with Crippen molar-refractivity contribution in [2.24, 2.45) is 11.3 Å². The van der Waals surface area contributed by atoms with E-state index in [4.69, 9.17) is 27.9 Å². The smallest absolute Gasteiger partial charge is 0.327 e. The summed E-state index contributed by atoms with van der Waals surface area (Å²) in [6.07, 6.45) is -0.125. The van der Waals surface area contributed by atoms with Crippen LogP contribution in [-0.2, 0) is 15.1 Å². The highest BCUT2D eigenvalue weighted by Crippen LogP contribution is 2.64. The lowest BCUT2D eigenvalue weighted by Crippen LogP contribution is -2.59. The molecule has 0 heterocycles. The van der Waals surface area contributed by atoms with Crippen molar-refractivity contribution in [3.8, 4) is 6.07 Å². The summed E-state index contributed by atoms with van der Waals surface area (Å²) in [6, 6.07) is 29.8. The van der Waals surface area contributed by atoms with Crippen LogP contribution < -0.4 is 0 Å². The van der Waals surface area contributed by atoms with Crippen LogP contribution in [0.3, 0.4) is 0 Å². The molecule has 0 aliphatic heterocycles. The van der Waals surface area contributed by atoms with Gasteiger partial charge in [0.05, 0.1) is 18.6 Å². The highest BCUT2D eigenvalue weighted by Gasteiger charge is 2.67. The number of aliphatic hydroxyl groups is 1. The Kier molecular flexibility index (Phi) is 9.69. The highest BCUT2D eigenvalue weighted by atomic mass is 79.9. The van der Waals surface area contributed by atoms with Gasteiger partial charge in [-0.15, -0.1) is 0 Å². The Balaban J connectivity index is 1.89. The van der Waals surface area contributed by atoms with E-state index in [1.54, 1.807) is 104 Å². The average molecular weight is 756 g/mol. The number of hydrogen-bond donors (Lipinski definition) is 1. The molecule has 1 fully saturated rings. The molecule has 224 valence electrons. The van der Waals surface area contributed by atoms with Crippen LogP contribution in [0, 0.1) is 22.7 Å². The zero-order valence-corrected chi connectivity index (χ0v) is 28.2. The summed E-state index contributed by atoms with van der Waals surface area (Å²) in [7, 11) is 0. The number of benzene rings is 4. The van der Waals surface area contributed by atoms with Gasteiger partial charge in [0.15, 0.2) is 11.2 Å². The number of rotatable bonds is 7. The summed E-state index contributed by atoms with van der Waals surface area (Å²) in [5, 5.41) is 25.1. The monoisotopic (exact) mass is 753 g/mol. The van der Waals surface area contributed by atoms with Gasteiger partial charge >= 0.3 is 5.97 Å². The van der Waals surface area contributed by atoms with E-state index in [0.29, 0.717) is 32.3 Å². The molecule has 0 radical (unpaired) electrons. The Labute approximate surface area is 283 Å². The van der Waals surface area contributed by atoms with E-state index in [2.05, 4.69) is 37.9 Å². The van der Waals surface area contributed by atoms with Crippen molar-refractivity contribution < 1.29 is 19.4 Å². The molecular formula is C35H27Br2Cl2NO4. The van der Waals surface area contributed by atoms with E-state index >= 15 is 0 Å². The van der Waals surface area contributed by atoms with E-state index < -0.39 is 40.5 Å². The Morgan fingerprint density at radius 1 is 0.864 bits per heavy atom. The molecule has 5 rings (SSSR count). The van der Waals surface area contributed by atoms with E-state index in [1.807, 2.05) is 0 Å².